The highest BCUT2D eigenvalue weighted by Crippen LogP contribution is 2.56. The standard InChI is InChI=1S/C15H27BNO3/c1-9(2)10-6-11-8-15(17,14(18)19)13(12(11)7-10)4-3-5-16-20/h9-13,20H,3-8,17H2,1-2H3,(H,18,19). The van der Waals surface area contributed by atoms with Crippen molar-refractivity contribution >= 4 is 13.5 Å². The SMILES string of the molecule is CC(C)C1CC2CC(N)(C(=O)O)C(CCC[B]O)C2C1. The Bertz CT molecular complexity index is 363. The van der Waals surface area contributed by atoms with Crippen molar-refractivity contribution in [1.29, 1.82) is 0 Å². The van der Waals surface area contributed by atoms with Crippen molar-refractivity contribution in [2.24, 2.45) is 35.3 Å². The number of hydrogen-bond acceptors (Lipinski definition) is 3. The highest BCUT2D eigenvalue weighted by Gasteiger charge is 2.58. The van der Waals surface area contributed by atoms with Crippen molar-refractivity contribution in [1.82, 2.24) is 0 Å². The van der Waals surface area contributed by atoms with Crippen LogP contribution in [0.1, 0.15) is 46.0 Å². The molecule has 4 nitrogen and oxygen atoms in total. The molecular weight excluding hydrogens is 253 g/mol. The molecule has 5 atom stereocenters. The van der Waals surface area contributed by atoms with E-state index < -0.39 is 11.5 Å². The fourth-order valence-electron chi connectivity index (χ4n) is 4.59. The van der Waals surface area contributed by atoms with Gasteiger partial charge in [-0.05, 0) is 55.3 Å². The Balaban J connectivity index is 2.10. The minimum absolute atomic E-state index is 0.0636. The summed E-state index contributed by atoms with van der Waals surface area (Å²) in [4.78, 5) is 11.6. The maximum Gasteiger partial charge on any atom is 0.323 e. The molecule has 0 aromatic carbocycles. The van der Waals surface area contributed by atoms with Crippen LogP contribution < -0.4 is 5.73 Å². The van der Waals surface area contributed by atoms with Crippen molar-refractivity contribution in [2.75, 3.05) is 0 Å². The third-order valence-corrected chi connectivity index (χ3v) is 5.75. The van der Waals surface area contributed by atoms with Gasteiger partial charge in [0.05, 0.1) is 0 Å². The van der Waals surface area contributed by atoms with Crippen LogP contribution in [0.15, 0.2) is 0 Å². The van der Waals surface area contributed by atoms with Gasteiger partial charge in [-0.15, -0.1) is 0 Å². The van der Waals surface area contributed by atoms with Crippen LogP contribution in [-0.4, -0.2) is 29.1 Å². The molecule has 2 fully saturated rings. The molecule has 113 valence electrons. The molecule has 0 aromatic heterocycles. The lowest BCUT2D eigenvalue weighted by atomic mass is 9.76. The van der Waals surface area contributed by atoms with Crippen molar-refractivity contribution in [3.05, 3.63) is 0 Å². The third-order valence-electron chi connectivity index (χ3n) is 5.75. The quantitative estimate of drug-likeness (QED) is 0.512. The van der Waals surface area contributed by atoms with Gasteiger partial charge < -0.3 is 15.9 Å². The molecule has 0 aromatic rings. The molecule has 4 N–H and O–H groups in total. The van der Waals surface area contributed by atoms with E-state index in [4.69, 9.17) is 10.8 Å². The van der Waals surface area contributed by atoms with E-state index in [1.54, 1.807) is 0 Å². The second kappa shape index (κ2) is 6.06. The minimum Gasteiger partial charge on any atom is -0.480 e. The van der Waals surface area contributed by atoms with Crippen LogP contribution in [0, 0.1) is 29.6 Å². The lowest BCUT2D eigenvalue weighted by Gasteiger charge is -2.31. The number of carboxylic acid groups (broad SMARTS) is 1. The summed E-state index contributed by atoms with van der Waals surface area (Å²) in [6.45, 7) is 4.52. The van der Waals surface area contributed by atoms with Crippen LogP contribution in [-0.2, 0) is 4.79 Å². The number of rotatable bonds is 6. The monoisotopic (exact) mass is 280 g/mol. The second-order valence-corrected chi connectivity index (χ2v) is 7.17. The Morgan fingerprint density at radius 1 is 1.45 bits per heavy atom. The van der Waals surface area contributed by atoms with Crippen molar-refractivity contribution in [2.45, 2.75) is 57.8 Å². The van der Waals surface area contributed by atoms with E-state index in [0.717, 1.165) is 39.1 Å². The summed E-state index contributed by atoms with van der Waals surface area (Å²) >= 11 is 0. The van der Waals surface area contributed by atoms with Gasteiger partial charge in [0, 0.05) is 0 Å². The Morgan fingerprint density at radius 3 is 2.70 bits per heavy atom. The first-order valence-electron chi connectivity index (χ1n) is 7.88. The summed E-state index contributed by atoms with van der Waals surface area (Å²) in [6, 6.07) is 0. The van der Waals surface area contributed by atoms with Gasteiger partial charge >= 0.3 is 5.97 Å². The largest absolute Gasteiger partial charge is 0.480 e. The number of nitrogens with two attached hydrogens (primary N) is 1. The number of hydrogen-bond donors (Lipinski definition) is 3. The van der Waals surface area contributed by atoms with Gasteiger partial charge in [0.2, 0.25) is 0 Å². The summed E-state index contributed by atoms with van der Waals surface area (Å²) in [6.07, 6.45) is 5.15. The van der Waals surface area contributed by atoms with Crippen LogP contribution in [0.25, 0.3) is 0 Å². The van der Waals surface area contributed by atoms with E-state index in [-0.39, 0.29) is 5.92 Å². The molecular formula is C15H27BNO3. The smallest absolute Gasteiger partial charge is 0.323 e. The lowest BCUT2D eigenvalue weighted by molar-refractivity contribution is -0.145. The van der Waals surface area contributed by atoms with Gasteiger partial charge in [0.25, 0.3) is 7.48 Å². The van der Waals surface area contributed by atoms with E-state index in [1.807, 2.05) is 0 Å². The summed E-state index contributed by atoms with van der Waals surface area (Å²) in [5, 5.41) is 18.4. The predicted molar refractivity (Wildman–Crippen MR) is 79.2 cm³/mol. The first-order chi connectivity index (χ1) is 9.40. The van der Waals surface area contributed by atoms with E-state index in [2.05, 4.69) is 13.8 Å². The number of carboxylic acids is 1. The topological polar surface area (TPSA) is 83.6 Å². The lowest BCUT2D eigenvalue weighted by Crippen LogP contribution is -2.52. The number of carbonyl (C=O) groups is 1. The summed E-state index contributed by atoms with van der Waals surface area (Å²) in [5.41, 5.74) is 5.22. The summed E-state index contributed by atoms with van der Waals surface area (Å²) in [7, 11) is 1.16. The first kappa shape index (κ1) is 15.8. The van der Waals surface area contributed by atoms with Crippen LogP contribution in [0.2, 0.25) is 6.32 Å². The van der Waals surface area contributed by atoms with E-state index >= 15 is 0 Å². The molecule has 20 heavy (non-hydrogen) atoms. The van der Waals surface area contributed by atoms with Crippen molar-refractivity contribution in [3.8, 4) is 0 Å². The molecule has 2 aliphatic rings. The zero-order valence-corrected chi connectivity index (χ0v) is 12.6. The van der Waals surface area contributed by atoms with Gasteiger partial charge in [-0.2, -0.15) is 0 Å². The maximum absolute atomic E-state index is 11.6. The molecule has 2 rings (SSSR count). The van der Waals surface area contributed by atoms with Gasteiger partial charge in [-0.1, -0.05) is 26.6 Å². The highest BCUT2D eigenvalue weighted by molar-refractivity contribution is 6.25. The fourth-order valence-corrected chi connectivity index (χ4v) is 4.59. The molecule has 5 unspecified atom stereocenters. The Kier molecular flexibility index (Phi) is 4.80. The van der Waals surface area contributed by atoms with Crippen molar-refractivity contribution in [3.63, 3.8) is 0 Å². The molecule has 0 aliphatic heterocycles. The molecule has 0 heterocycles. The Labute approximate surface area is 122 Å². The first-order valence-corrected chi connectivity index (χ1v) is 7.88. The third kappa shape index (κ3) is 2.75. The molecule has 2 aliphatic carbocycles. The molecule has 1 radical (unpaired) electrons. The van der Waals surface area contributed by atoms with E-state index in [1.165, 1.54) is 0 Å². The fraction of sp³-hybridized carbons (Fsp3) is 0.933. The zero-order valence-electron chi connectivity index (χ0n) is 12.6. The van der Waals surface area contributed by atoms with Crippen LogP contribution in [0.5, 0.6) is 0 Å². The zero-order chi connectivity index (χ0) is 14.9. The number of fused-ring (bicyclic) bond motifs is 1. The predicted octanol–water partition coefficient (Wildman–Crippen LogP) is 1.90. The molecule has 0 spiro atoms. The molecule has 5 heteroatoms. The summed E-state index contributed by atoms with van der Waals surface area (Å²) in [5.74, 6) is 1.55. The molecule has 0 bridgehead atoms. The Morgan fingerprint density at radius 2 is 2.15 bits per heavy atom. The summed E-state index contributed by atoms with van der Waals surface area (Å²) < 4.78 is 0. The Hall–Kier alpha value is -0.545. The minimum atomic E-state index is -1.05. The molecule has 0 saturated heterocycles. The average Bonchev–Trinajstić information content (AvgIpc) is 2.87. The highest BCUT2D eigenvalue weighted by atomic mass is 16.4. The number of aliphatic carboxylic acids is 1. The van der Waals surface area contributed by atoms with Gasteiger partial charge in [0.15, 0.2) is 0 Å². The average molecular weight is 280 g/mol. The van der Waals surface area contributed by atoms with Crippen LogP contribution in [0.4, 0.5) is 0 Å². The van der Waals surface area contributed by atoms with E-state index in [0.29, 0.717) is 30.5 Å². The van der Waals surface area contributed by atoms with Gasteiger partial charge in [0.1, 0.15) is 5.54 Å². The molecule has 0 amide bonds. The van der Waals surface area contributed by atoms with Crippen LogP contribution >= 0.6 is 0 Å². The van der Waals surface area contributed by atoms with Gasteiger partial charge in [-0.3, -0.25) is 4.79 Å². The maximum atomic E-state index is 11.6. The van der Waals surface area contributed by atoms with Gasteiger partial charge in [-0.25, -0.2) is 0 Å². The van der Waals surface area contributed by atoms with Crippen LogP contribution in [0.3, 0.4) is 0 Å². The second-order valence-electron chi connectivity index (χ2n) is 7.17. The van der Waals surface area contributed by atoms with Crippen molar-refractivity contribution < 1.29 is 14.9 Å². The van der Waals surface area contributed by atoms with E-state index in [9.17, 15) is 9.90 Å². The normalized spacial score (nSPS) is 40.0. The molecule has 2 saturated carbocycles.